The molecule has 6 atom stereocenters. The van der Waals surface area contributed by atoms with E-state index < -0.39 is 0 Å². The van der Waals surface area contributed by atoms with Crippen LogP contribution in [0.4, 0.5) is 0 Å². The van der Waals surface area contributed by atoms with E-state index in [1.807, 2.05) is 0 Å². The summed E-state index contributed by atoms with van der Waals surface area (Å²) in [7, 11) is 0. The summed E-state index contributed by atoms with van der Waals surface area (Å²) < 4.78 is 6.46. The van der Waals surface area contributed by atoms with Crippen LogP contribution in [0.2, 0.25) is 0 Å². The SMILES string of the molecule is C[C@@H]1CC(O)C2C1CC1CC[C@@]2(C)OC1(C)C. The van der Waals surface area contributed by atoms with Crippen LogP contribution in [0.5, 0.6) is 0 Å². The Labute approximate surface area is 105 Å². The van der Waals surface area contributed by atoms with Crippen molar-refractivity contribution in [3.8, 4) is 0 Å². The lowest BCUT2D eigenvalue weighted by atomic mass is 9.77. The molecule has 2 heterocycles. The molecule has 2 heteroatoms. The first-order valence-electron chi connectivity index (χ1n) is 7.22. The van der Waals surface area contributed by atoms with Crippen molar-refractivity contribution >= 4 is 0 Å². The van der Waals surface area contributed by atoms with Gasteiger partial charge in [-0.05, 0) is 64.2 Å². The summed E-state index contributed by atoms with van der Waals surface area (Å²) >= 11 is 0. The van der Waals surface area contributed by atoms with Gasteiger partial charge in [0.1, 0.15) is 0 Å². The predicted molar refractivity (Wildman–Crippen MR) is 67.7 cm³/mol. The zero-order valence-corrected chi connectivity index (χ0v) is 11.6. The number of hydrogen-bond donors (Lipinski definition) is 1. The van der Waals surface area contributed by atoms with Crippen LogP contribution in [0.25, 0.3) is 0 Å². The lowest BCUT2D eigenvalue weighted by molar-refractivity contribution is -0.209. The maximum absolute atomic E-state index is 10.4. The third-order valence-electron chi connectivity index (χ3n) is 5.95. The number of aliphatic hydroxyl groups is 1. The lowest BCUT2D eigenvalue weighted by Gasteiger charge is -2.48. The Morgan fingerprint density at radius 2 is 1.88 bits per heavy atom. The Bertz CT molecular complexity index is 325. The average molecular weight is 238 g/mol. The van der Waals surface area contributed by atoms with Gasteiger partial charge < -0.3 is 9.84 Å². The summed E-state index contributed by atoms with van der Waals surface area (Å²) in [4.78, 5) is 0. The van der Waals surface area contributed by atoms with Gasteiger partial charge in [0.05, 0.1) is 17.3 Å². The number of rotatable bonds is 0. The molecular formula is C15H26O2. The van der Waals surface area contributed by atoms with Gasteiger partial charge in [0.2, 0.25) is 0 Å². The fourth-order valence-electron chi connectivity index (χ4n) is 5.09. The van der Waals surface area contributed by atoms with Gasteiger partial charge in [0.15, 0.2) is 0 Å². The van der Waals surface area contributed by atoms with E-state index in [-0.39, 0.29) is 17.3 Å². The second-order valence-electron chi connectivity index (χ2n) is 7.46. The van der Waals surface area contributed by atoms with Crippen LogP contribution in [0.15, 0.2) is 0 Å². The molecule has 0 amide bonds. The highest BCUT2D eigenvalue weighted by Gasteiger charge is 2.59. The van der Waals surface area contributed by atoms with E-state index in [0.717, 1.165) is 12.8 Å². The Morgan fingerprint density at radius 1 is 1.18 bits per heavy atom. The number of ether oxygens (including phenoxy) is 1. The van der Waals surface area contributed by atoms with Crippen LogP contribution >= 0.6 is 0 Å². The summed E-state index contributed by atoms with van der Waals surface area (Å²) in [6.45, 7) is 9.05. The van der Waals surface area contributed by atoms with Gasteiger partial charge in [-0.25, -0.2) is 0 Å². The molecule has 98 valence electrons. The van der Waals surface area contributed by atoms with Gasteiger partial charge in [-0.15, -0.1) is 0 Å². The maximum atomic E-state index is 10.4. The van der Waals surface area contributed by atoms with E-state index >= 15 is 0 Å². The van der Waals surface area contributed by atoms with Gasteiger partial charge in [-0.2, -0.15) is 0 Å². The third-order valence-corrected chi connectivity index (χ3v) is 5.95. The smallest absolute Gasteiger partial charge is 0.0717 e. The number of fused-ring (bicyclic) bond motifs is 2. The normalized spacial score (nSPS) is 56.6. The molecule has 0 radical (unpaired) electrons. The lowest BCUT2D eigenvalue weighted by Crippen LogP contribution is -2.51. The molecule has 17 heavy (non-hydrogen) atoms. The molecule has 4 rings (SSSR count). The van der Waals surface area contributed by atoms with Gasteiger partial charge in [0.25, 0.3) is 0 Å². The van der Waals surface area contributed by atoms with Crippen LogP contribution in [0.1, 0.15) is 53.4 Å². The zero-order valence-electron chi connectivity index (χ0n) is 11.6. The molecule has 2 saturated heterocycles. The van der Waals surface area contributed by atoms with Gasteiger partial charge in [-0.3, -0.25) is 0 Å². The van der Waals surface area contributed by atoms with Gasteiger partial charge >= 0.3 is 0 Å². The minimum Gasteiger partial charge on any atom is -0.393 e. The van der Waals surface area contributed by atoms with Crippen molar-refractivity contribution in [1.29, 1.82) is 0 Å². The fourth-order valence-corrected chi connectivity index (χ4v) is 5.09. The summed E-state index contributed by atoms with van der Waals surface area (Å²) in [5.41, 5.74) is -0.0951. The number of hydrogen-bond acceptors (Lipinski definition) is 2. The highest BCUT2D eigenvalue weighted by atomic mass is 16.5. The molecule has 4 aliphatic rings. The van der Waals surface area contributed by atoms with E-state index in [9.17, 15) is 5.11 Å². The minimum absolute atomic E-state index is 0.00319. The summed E-state index contributed by atoms with van der Waals surface area (Å²) in [6, 6.07) is 0. The van der Waals surface area contributed by atoms with Gasteiger partial charge in [-0.1, -0.05) is 6.92 Å². The van der Waals surface area contributed by atoms with E-state index in [0.29, 0.717) is 23.7 Å². The van der Waals surface area contributed by atoms with Crippen LogP contribution < -0.4 is 0 Å². The molecule has 2 bridgehead atoms. The van der Waals surface area contributed by atoms with E-state index in [4.69, 9.17) is 4.74 Å². The first kappa shape index (κ1) is 12.0. The van der Waals surface area contributed by atoms with Crippen molar-refractivity contribution in [3.63, 3.8) is 0 Å². The van der Waals surface area contributed by atoms with Crippen LogP contribution in [0.3, 0.4) is 0 Å². The molecule has 0 spiro atoms. The molecule has 0 aromatic rings. The Hall–Kier alpha value is -0.0800. The van der Waals surface area contributed by atoms with Crippen molar-refractivity contribution < 1.29 is 9.84 Å². The summed E-state index contributed by atoms with van der Waals surface area (Å²) in [6.07, 6.45) is 4.49. The van der Waals surface area contributed by atoms with Crippen molar-refractivity contribution in [2.45, 2.75) is 70.7 Å². The minimum atomic E-state index is -0.146. The average Bonchev–Trinajstić information content (AvgIpc) is 2.36. The van der Waals surface area contributed by atoms with Crippen molar-refractivity contribution in [2.24, 2.45) is 23.7 Å². The first-order valence-corrected chi connectivity index (χ1v) is 7.22. The first-order chi connectivity index (χ1) is 7.83. The molecule has 2 aliphatic carbocycles. The Kier molecular flexibility index (Phi) is 2.45. The molecule has 0 aromatic carbocycles. The molecule has 4 fully saturated rings. The standard InChI is InChI=1S/C15H26O2/c1-9-7-12(16)13-11(9)8-10-5-6-15(13,4)17-14(10,2)3/h9-13,16H,5-8H2,1-4H3/t9-,10?,11?,12?,13?,15-/m1/s1. The highest BCUT2D eigenvalue weighted by Crippen LogP contribution is 2.58. The number of aliphatic hydroxyl groups excluding tert-OH is 1. The summed E-state index contributed by atoms with van der Waals surface area (Å²) in [5, 5.41) is 10.4. The van der Waals surface area contributed by atoms with E-state index in [1.54, 1.807) is 0 Å². The molecule has 2 nitrogen and oxygen atoms in total. The Balaban J connectivity index is 2.01. The largest absolute Gasteiger partial charge is 0.393 e. The molecule has 1 N–H and O–H groups in total. The molecule has 4 unspecified atom stereocenters. The van der Waals surface area contributed by atoms with E-state index in [1.165, 1.54) is 12.8 Å². The van der Waals surface area contributed by atoms with Crippen LogP contribution in [-0.2, 0) is 4.74 Å². The summed E-state index contributed by atoms with van der Waals surface area (Å²) in [5.74, 6) is 2.37. The Morgan fingerprint density at radius 3 is 2.53 bits per heavy atom. The zero-order chi connectivity index (χ0) is 12.4. The maximum Gasteiger partial charge on any atom is 0.0717 e. The van der Waals surface area contributed by atoms with Crippen molar-refractivity contribution in [1.82, 2.24) is 0 Å². The quantitative estimate of drug-likeness (QED) is 0.703. The van der Waals surface area contributed by atoms with E-state index in [2.05, 4.69) is 27.7 Å². The van der Waals surface area contributed by atoms with Crippen molar-refractivity contribution in [3.05, 3.63) is 0 Å². The molecule has 0 aromatic heterocycles. The molecule has 2 aliphatic heterocycles. The predicted octanol–water partition coefficient (Wildman–Crippen LogP) is 2.99. The molecule has 2 saturated carbocycles. The second kappa shape index (κ2) is 3.48. The topological polar surface area (TPSA) is 29.5 Å². The van der Waals surface area contributed by atoms with Crippen molar-refractivity contribution in [2.75, 3.05) is 0 Å². The third kappa shape index (κ3) is 1.60. The van der Waals surface area contributed by atoms with Crippen LogP contribution in [0, 0.1) is 23.7 Å². The highest BCUT2D eigenvalue weighted by molar-refractivity contribution is 5.08. The van der Waals surface area contributed by atoms with Gasteiger partial charge in [0, 0.05) is 5.92 Å². The monoisotopic (exact) mass is 238 g/mol. The fraction of sp³-hybridized carbons (Fsp3) is 1.00. The second-order valence-corrected chi connectivity index (χ2v) is 7.46. The van der Waals surface area contributed by atoms with Crippen LogP contribution in [-0.4, -0.2) is 22.4 Å². The molecular weight excluding hydrogens is 212 g/mol.